The standard InChI is InChI=1S/C17H29NO2S/c1-6-14(15-11-9-8-10-12-15)13-16(7-2)18-21(19,20)17(3,4)5/h8-12,14,16,18H,6-7,13H2,1-5H3/t14-,16?/m0/s1. The van der Waals surface area contributed by atoms with E-state index in [1.165, 1.54) is 5.56 Å². The molecular formula is C17H29NO2S. The SMILES string of the molecule is CCC(C[C@H](CC)c1ccccc1)NS(=O)(=O)C(C)(C)C. The summed E-state index contributed by atoms with van der Waals surface area (Å²) in [6.07, 6.45) is 2.66. The molecule has 0 amide bonds. The van der Waals surface area contributed by atoms with Gasteiger partial charge in [-0.1, -0.05) is 44.2 Å². The van der Waals surface area contributed by atoms with Gasteiger partial charge in [-0.2, -0.15) is 0 Å². The minimum Gasteiger partial charge on any atom is -0.212 e. The first kappa shape index (κ1) is 18.2. The monoisotopic (exact) mass is 311 g/mol. The molecular weight excluding hydrogens is 282 g/mol. The van der Waals surface area contributed by atoms with Crippen molar-refractivity contribution in [2.24, 2.45) is 0 Å². The summed E-state index contributed by atoms with van der Waals surface area (Å²) < 4.78 is 26.8. The lowest BCUT2D eigenvalue weighted by molar-refractivity contribution is 0.456. The quantitative estimate of drug-likeness (QED) is 0.825. The summed E-state index contributed by atoms with van der Waals surface area (Å²) in [6.45, 7) is 9.39. The van der Waals surface area contributed by atoms with E-state index in [4.69, 9.17) is 0 Å². The van der Waals surface area contributed by atoms with E-state index in [9.17, 15) is 8.42 Å². The number of hydrogen-bond donors (Lipinski definition) is 1. The van der Waals surface area contributed by atoms with E-state index >= 15 is 0 Å². The molecule has 120 valence electrons. The van der Waals surface area contributed by atoms with E-state index in [1.54, 1.807) is 20.8 Å². The molecule has 1 unspecified atom stereocenters. The average Bonchev–Trinajstić information content (AvgIpc) is 2.43. The first-order valence-corrected chi connectivity index (χ1v) is 9.26. The second kappa shape index (κ2) is 7.41. The summed E-state index contributed by atoms with van der Waals surface area (Å²) in [5.41, 5.74) is 1.29. The maximum absolute atomic E-state index is 12.3. The third-order valence-corrected chi connectivity index (χ3v) is 6.21. The van der Waals surface area contributed by atoms with Crippen LogP contribution in [0.2, 0.25) is 0 Å². The van der Waals surface area contributed by atoms with Gasteiger partial charge in [0.25, 0.3) is 0 Å². The molecule has 1 rings (SSSR count). The van der Waals surface area contributed by atoms with Crippen LogP contribution < -0.4 is 4.72 Å². The van der Waals surface area contributed by atoms with Crippen LogP contribution in [-0.4, -0.2) is 19.2 Å². The molecule has 0 aromatic heterocycles. The van der Waals surface area contributed by atoms with Gasteiger partial charge in [0.2, 0.25) is 10.0 Å². The normalized spacial score (nSPS) is 15.7. The Balaban J connectivity index is 2.82. The Bertz CT molecular complexity index is 517. The van der Waals surface area contributed by atoms with Crippen molar-refractivity contribution in [1.82, 2.24) is 4.72 Å². The third kappa shape index (κ3) is 5.11. The largest absolute Gasteiger partial charge is 0.216 e. The van der Waals surface area contributed by atoms with Crippen LogP contribution >= 0.6 is 0 Å². The molecule has 21 heavy (non-hydrogen) atoms. The van der Waals surface area contributed by atoms with E-state index in [-0.39, 0.29) is 6.04 Å². The summed E-state index contributed by atoms with van der Waals surface area (Å²) in [4.78, 5) is 0. The zero-order chi connectivity index (χ0) is 16.1. The van der Waals surface area contributed by atoms with Gasteiger partial charge in [-0.3, -0.25) is 0 Å². The highest BCUT2D eigenvalue weighted by atomic mass is 32.2. The van der Waals surface area contributed by atoms with Crippen LogP contribution in [0.25, 0.3) is 0 Å². The third-order valence-electron chi connectivity index (χ3n) is 3.95. The van der Waals surface area contributed by atoms with Crippen LogP contribution in [0.15, 0.2) is 30.3 Å². The number of rotatable bonds is 7. The summed E-state index contributed by atoms with van der Waals surface area (Å²) in [7, 11) is -3.30. The van der Waals surface area contributed by atoms with Crippen LogP contribution in [0.3, 0.4) is 0 Å². The van der Waals surface area contributed by atoms with Crippen LogP contribution in [0.1, 0.15) is 65.4 Å². The van der Waals surface area contributed by atoms with Crippen molar-refractivity contribution in [3.63, 3.8) is 0 Å². The van der Waals surface area contributed by atoms with Crippen molar-refractivity contribution in [1.29, 1.82) is 0 Å². The molecule has 0 fully saturated rings. The van der Waals surface area contributed by atoms with Crippen LogP contribution in [0.4, 0.5) is 0 Å². The molecule has 2 atom stereocenters. The highest BCUT2D eigenvalue weighted by Gasteiger charge is 2.31. The highest BCUT2D eigenvalue weighted by molar-refractivity contribution is 7.90. The van der Waals surface area contributed by atoms with Gasteiger partial charge in [-0.05, 0) is 51.5 Å². The number of nitrogens with one attached hydrogen (secondary N) is 1. The van der Waals surface area contributed by atoms with Gasteiger partial charge in [0.05, 0.1) is 4.75 Å². The predicted octanol–water partition coefficient (Wildman–Crippen LogP) is 4.07. The lowest BCUT2D eigenvalue weighted by Crippen LogP contribution is -2.44. The topological polar surface area (TPSA) is 46.2 Å². The Hall–Kier alpha value is -0.870. The van der Waals surface area contributed by atoms with Gasteiger partial charge in [0.1, 0.15) is 0 Å². The molecule has 0 radical (unpaired) electrons. The molecule has 0 aliphatic carbocycles. The molecule has 1 aromatic carbocycles. The zero-order valence-corrected chi connectivity index (χ0v) is 14.7. The lowest BCUT2D eigenvalue weighted by atomic mass is 9.89. The maximum Gasteiger partial charge on any atom is 0.216 e. The summed E-state index contributed by atoms with van der Waals surface area (Å²) in [5, 5.41) is 0. The molecule has 0 heterocycles. The molecule has 0 spiro atoms. The van der Waals surface area contributed by atoms with Crippen molar-refractivity contribution in [2.75, 3.05) is 0 Å². The predicted molar refractivity (Wildman–Crippen MR) is 90.0 cm³/mol. The second-order valence-corrected chi connectivity index (χ2v) is 9.06. The summed E-state index contributed by atoms with van der Waals surface area (Å²) >= 11 is 0. The molecule has 1 aromatic rings. The Morgan fingerprint density at radius 1 is 1.05 bits per heavy atom. The molecule has 1 N–H and O–H groups in total. The van der Waals surface area contributed by atoms with Gasteiger partial charge in [-0.15, -0.1) is 0 Å². The van der Waals surface area contributed by atoms with Gasteiger partial charge in [0.15, 0.2) is 0 Å². The van der Waals surface area contributed by atoms with Crippen molar-refractivity contribution >= 4 is 10.0 Å². The first-order chi connectivity index (χ1) is 9.71. The van der Waals surface area contributed by atoms with E-state index in [0.29, 0.717) is 5.92 Å². The van der Waals surface area contributed by atoms with Crippen molar-refractivity contribution in [2.45, 2.75) is 70.6 Å². The Morgan fingerprint density at radius 2 is 1.62 bits per heavy atom. The molecule has 3 nitrogen and oxygen atoms in total. The second-order valence-electron chi connectivity index (χ2n) is 6.59. The average molecular weight is 311 g/mol. The number of sulfonamides is 1. The maximum atomic E-state index is 12.3. The highest BCUT2D eigenvalue weighted by Crippen LogP contribution is 2.26. The molecule has 4 heteroatoms. The van der Waals surface area contributed by atoms with Crippen molar-refractivity contribution in [3.05, 3.63) is 35.9 Å². The Labute approximate surface area is 130 Å². The Morgan fingerprint density at radius 3 is 2.05 bits per heavy atom. The van der Waals surface area contributed by atoms with Crippen molar-refractivity contribution in [3.8, 4) is 0 Å². The minimum absolute atomic E-state index is 0.0145. The molecule has 0 aliphatic rings. The summed E-state index contributed by atoms with van der Waals surface area (Å²) in [6, 6.07) is 10.3. The molecule has 0 aliphatic heterocycles. The molecule has 0 bridgehead atoms. The number of benzene rings is 1. The Kier molecular flexibility index (Phi) is 6.41. The van der Waals surface area contributed by atoms with Crippen LogP contribution in [0, 0.1) is 0 Å². The number of hydrogen-bond acceptors (Lipinski definition) is 2. The summed E-state index contributed by atoms with van der Waals surface area (Å²) in [5.74, 6) is 0.388. The fourth-order valence-corrected chi connectivity index (χ4v) is 3.36. The fraction of sp³-hybridized carbons (Fsp3) is 0.647. The first-order valence-electron chi connectivity index (χ1n) is 7.78. The lowest BCUT2D eigenvalue weighted by Gasteiger charge is -2.27. The van der Waals surface area contributed by atoms with Gasteiger partial charge >= 0.3 is 0 Å². The fourth-order valence-electron chi connectivity index (χ4n) is 2.30. The van der Waals surface area contributed by atoms with Crippen LogP contribution in [0.5, 0.6) is 0 Å². The molecule has 0 saturated heterocycles. The van der Waals surface area contributed by atoms with Gasteiger partial charge in [-0.25, -0.2) is 13.1 Å². The van der Waals surface area contributed by atoms with Crippen LogP contribution in [-0.2, 0) is 10.0 Å². The minimum atomic E-state index is -3.30. The van der Waals surface area contributed by atoms with E-state index in [1.807, 2.05) is 25.1 Å². The van der Waals surface area contributed by atoms with Gasteiger partial charge < -0.3 is 0 Å². The van der Waals surface area contributed by atoms with Crippen molar-refractivity contribution < 1.29 is 8.42 Å². The smallest absolute Gasteiger partial charge is 0.212 e. The van der Waals surface area contributed by atoms with E-state index < -0.39 is 14.8 Å². The van der Waals surface area contributed by atoms with Gasteiger partial charge in [0, 0.05) is 6.04 Å². The van der Waals surface area contributed by atoms with E-state index in [2.05, 4.69) is 23.8 Å². The van der Waals surface area contributed by atoms with E-state index in [0.717, 1.165) is 19.3 Å². The molecule has 0 saturated carbocycles. The zero-order valence-electron chi connectivity index (χ0n) is 13.9.